The molecular formula is C19H20FNO5S. The number of aliphatic carboxylic acids is 1. The van der Waals surface area contributed by atoms with E-state index in [1.54, 1.807) is 6.92 Å². The highest BCUT2D eigenvalue weighted by molar-refractivity contribution is 7.91. The molecule has 0 aliphatic rings. The minimum absolute atomic E-state index is 0.0263. The van der Waals surface area contributed by atoms with Crippen LogP contribution in [-0.4, -0.2) is 31.2 Å². The predicted molar refractivity (Wildman–Crippen MR) is 97.4 cm³/mol. The zero-order valence-electron chi connectivity index (χ0n) is 14.9. The van der Waals surface area contributed by atoms with Crippen LogP contribution in [0.15, 0.2) is 53.4 Å². The molecule has 8 heteroatoms. The van der Waals surface area contributed by atoms with Crippen LogP contribution < -0.4 is 5.32 Å². The fourth-order valence-corrected chi connectivity index (χ4v) is 3.41. The summed E-state index contributed by atoms with van der Waals surface area (Å²) in [7, 11) is -3.33. The van der Waals surface area contributed by atoms with Crippen molar-refractivity contribution in [2.24, 2.45) is 0 Å². The number of rotatable bonds is 7. The SMILES string of the molecule is CCS(=O)(=O)c1ccc(CC(=O)NC(C)(C(=O)O)c2ccc(F)cc2)cc1. The van der Waals surface area contributed by atoms with Gasteiger partial charge in [0.15, 0.2) is 15.4 Å². The van der Waals surface area contributed by atoms with Crippen molar-refractivity contribution in [3.8, 4) is 0 Å². The highest BCUT2D eigenvalue weighted by atomic mass is 32.2. The van der Waals surface area contributed by atoms with E-state index in [1.165, 1.54) is 43.3 Å². The van der Waals surface area contributed by atoms with E-state index in [0.717, 1.165) is 12.1 Å². The Labute approximate surface area is 157 Å². The first-order valence-corrected chi connectivity index (χ1v) is 9.86. The molecule has 1 atom stereocenters. The van der Waals surface area contributed by atoms with Gasteiger partial charge in [-0.2, -0.15) is 0 Å². The number of hydrogen-bond acceptors (Lipinski definition) is 4. The van der Waals surface area contributed by atoms with Crippen LogP contribution >= 0.6 is 0 Å². The first-order chi connectivity index (χ1) is 12.6. The van der Waals surface area contributed by atoms with Gasteiger partial charge in [0.05, 0.1) is 17.1 Å². The van der Waals surface area contributed by atoms with Gasteiger partial charge in [-0.25, -0.2) is 17.6 Å². The molecule has 0 saturated heterocycles. The lowest BCUT2D eigenvalue weighted by Crippen LogP contribution is -2.50. The Balaban J connectivity index is 2.17. The monoisotopic (exact) mass is 393 g/mol. The van der Waals surface area contributed by atoms with E-state index in [2.05, 4.69) is 5.32 Å². The summed E-state index contributed by atoms with van der Waals surface area (Å²) in [6.45, 7) is 2.86. The van der Waals surface area contributed by atoms with E-state index in [-0.39, 0.29) is 22.6 Å². The molecule has 1 amide bonds. The van der Waals surface area contributed by atoms with E-state index in [4.69, 9.17) is 0 Å². The largest absolute Gasteiger partial charge is 0.479 e. The van der Waals surface area contributed by atoms with Crippen molar-refractivity contribution < 1.29 is 27.5 Å². The summed E-state index contributed by atoms with van der Waals surface area (Å²) in [4.78, 5) is 24.2. The summed E-state index contributed by atoms with van der Waals surface area (Å²) in [5, 5.41) is 12.0. The standard InChI is InChI=1S/C19H20FNO5S/c1-3-27(25,26)16-10-4-13(5-11-16)12-17(22)21-19(2,18(23)24)14-6-8-15(20)9-7-14/h4-11H,3,12H2,1-2H3,(H,21,22)(H,23,24). The number of amides is 1. The number of hydrogen-bond donors (Lipinski definition) is 2. The third-order valence-corrected chi connectivity index (χ3v) is 6.02. The topological polar surface area (TPSA) is 101 Å². The van der Waals surface area contributed by atoms with Crippen molar-refractivity contribution in [2.75, 3.05) is 5.75 Å². The van der Waals surface area contributed by atoms with Gasteiger partial charge in [0.25, 0.3) is 0 Å². The van der Waals surface area contributed by atoms with E-state index in [0.29, 0.717) is 5.56 Å². The Hall–Kier alpha value is -2.74. The Morgan fingerprint density at radius 2 is 1.63 bits per heavy atom. The lowest BCUT2D eigenvalue weighted by atomic mass is 9.91. The molecule has 0 aliphatic heterocycles. The van der Waals surface area contributed by atoms with Gasteiger partial charge < -0.3 is 10.4 Å². The number of carboxylic acid groups (broad SMARTS) is 1. The van der Waals surface area contributed by atoms with Crippen LogP contribution in [0.3, 0.4) is 0 Å². The van der Waals surface area contributed by atoms with Crippen LogP contribution in [0, 0.1) is 5.82 Å². The van der Waals surface area contributed by atoms with Gasteiger partial charge in [-0.05, 0) is 42.3 Å². The first-order valence-electron chi connectivity index (χ1n) is 8.20. The summed E-state index contributed by atoms with van der Waals surface area (Å²) < 4.78 is 36.7. The minimum Gasteiger partial charge on any atom is -0.479 e. The molecule has 0 fully saturated rings. The predicted octanol–water partition coefficient (Wildman–Crippen LogP) is 2.28. The van der Waals surface area contributed by atoms with Crippen LogP contribution in [0.5, 0.6) is 0 Å². The van der Waals surface area contributed by atoms with E-state index in [9.17, 15) is 27.5 Å². The summed E-state index contributed by atoms with van der Waals surface area (Å²) in [5.41, 5.74) is -0.959. The Kier molecular flexibility index (Phi) is 6.00. The molecule has 2 N–H and O–H groups in total. The quantitative estimate of drug-likeness (QED) is 0.752. The van der Waals surface area contributed by atoms with E-state index >= 15 is 0 Å². The number of nitrogens with one attached hydrogen (secondary N) is 1. The molecule has 0 spiro atoms. The van der Waals surface area contributed by atoms with Crippen LogP contribution in [0.25, 0.3) is 0 Å². The van der Waals surface area contributed by atoms with Gasteiger partial charge in [-0.3, -0.25) is 4.79 Å². The van der Waals surface area contributed by atoms with Crippen molar-refractivity contribution in [1.29, 1.82) is 0 Å². The molecule has 6 nitrogen and oxygen atoms in total. The lowest BCUT2D eigenvalue weighted by Gasteiger charge is -2.27. The van der Waals surface area contributed by atoms with Gasteiger partial charge in [0, 0.05) is 0 Å². The molecule has 2 aromatic carbocycles. The van der Waals surface area contributed by atoms with E-state index < -0.39 is 33.1 Å². The number of halogens is 1. The third kappa shape index (κ3) is 4.71. The van der Waals surface area contributed by atoms with E-state index in [1.807, 2.05) is 0 Å². The second kappa shape index (κ2) is 7.87. The van der Waals surface area contributed by atoms with Crippen LogP contribution in [0.2, 0.25) is 0 Å². The minimum atomic E-state index is -3.33. The third-order valence-electron chi connectivity index (χ3n) is 4.27. The average molecular weight is 393 g/mol. The zero-order chi connectivity index (χ0) is 20.2. The van der Waals surface area contributed by atoms with Gasteiger partial charge in [-0.15, -0.1) is 0 Å². The first kappa shape index (κ1) is 20.6. The summed E-state index contributed by atoms with van der Waals surface area (Å²) >= 11 is 0. The molecule has 0 aliphatic carbocycles. The molecule has 0 heterocycles. The van der Waals surface area contributed by atoms with Crippen LogP contribution in [-0.2, 0) is 31.4 Å². The highest BCUT2D eigenvalue weighted by Gasteiger charge is 2.36. The molecular weight excluding hydrogens is 373 g/mol. The maximum absolute atomic E-state index is 13.1. The van der Waals surface area contributed by atoms with Gasteiger partial charge in [0.1, 0.15) is 5.82 Å². The van der Waals surface area contributed by atoms with Crippen LogP contribution in [0.4, 0.5) is 4.39 Å². The van der Waals surface area contributed by atoms with Gasteiger partial charge >= 0.3 is 5.97 Å². The number of carboxylic acids is 1. The van der Waals surface area contributed by atoms with Crippen molar-refractivity contribution in [3.63, 3.8) is 0 Å². The second-order valence-electron chi connectivity index (χ2n) is 6.21. The molecule has 0 bridgehead atoms. The molecule has 1 unspecified atom stereocenters. The van der Waals surface area contributed by atoms with Crippen molar-refractivity contribution in [3.05, 3.63) is 65.5 Å². The number of carbonyl (C=O) groups excluding carboxylic acids is 1. The molecule has 2 rings (SSSR count). The Morgan fingerprint density at radius 3 is 2.11 bits per heavy atom. The summed E-state index contributed by atoms with van der Waals surface area (Å²) in [5.74, 6) is -2.39. The summed E-state index contributed by atoms with van der Waals surface area (Å²) in [6, 6.07) is 10.7. The second-order valence-corrected chi connectivity index (χ2v) is 8.49. The maximum atomic E-state index is 13.1. The lowest BCUT2D eigenvalue weighted by molar-refractivity contribution is -0.147. The molecule has 0 radical (unpaired) electrons. The summed E-state index contributed by atoms with van der Waals surface area (Å²) in [6.07, 6.45) is -0.128. The van der Waals surface area contributed by atoms with Gasteiger partial charge in [-0.1, -0.05) is 31.2 Å². The maximum Gasteiger partial charge on any atom is 0.333 e. The zero-order valence-corrected chi connectivity index (χ0v) is 15.7. The number of benzene rings is 2. The fourth-order valence-electron chi connectivity index (χ4n) is 2.52. The molecule has 144 valence electrons. The van der Waals surface area contributed by atoms with Gasteiger partial charge in [0.2, 0.25) is 5.91 Å². The number of sulfone groups is 1. The Morgan fingerprint density at radius 1 is 1.07 bits per heavy atom. The van der Waals surface area contributed by atoms with Crippen molar-refractivity contribution in [2.45, 2.75) is 30.7 Å². The van der Waals surface area contributed by atoms with Crippen LogP contribution in [0.1, 0.15) is 25.0 Å². The smallest absolute Gasteiger partial charge is 0.333 e. The fraction of sp³-hybridized carbons (Fsp3) is 0.263. The molecule has 2 aromatic rings. The Bertz CT molecular complexity index is 939. The van der Waals surface area contributed by atoms with Crippen molar-refractivity contribution in [1.82, 2.24) is 5.32 Å². The molecule has 0 aromatic heterocycles. The molecule has 0 saturated carbocycles. The number of carbonyl (C=O) groups is 2. The highest BCUT2D eigenvalue weighted by Crippen LogP contribution is 2.22. The van der Waals surface area contributed by atoms with Crippen molar-refractivity contribution >= 4 is 21.7 Å². The normalized spacial score (nSPS) is 13.6. The average Bonchev–Trinajstić information content (AvgIpc) is 2.62. The molecule has 27 heavy (non-hydrogen) atoms.